The van der Waals surface area contributed by atoms with Gasteiger partial charge in [0.05, 0.1) is 4.87 Å². The molecule has 2 heterocycles. The van der Waals surface area contributed by atoms with Crippen LogP contribution in [-0.2, 0) is 14.3 Å². The molecule has 0 spiro atoms. The van der Waals surface area contributed by atoms with Crippen LogP contribution in [0, 0.1) is 20.8 Å². The summed E-state index contributed by atoms with van der Waals surface area (Å²) in [6.45, 7) is 7.52. The van der Waals surface area contributed by atoms with Gasteiger partial charge in [-0.25, -0.2) is 4.79 Å². The second-order valence-electron chi connectivity index (χ2n) is 7.05. The number of Topliss-reactive ketones (excluding diaryl/α,β-unsaturated/α-hetero) is 1. The summed E-state index contributed by atoms with van der Waals surface area (Å²) in [4.78, 5) is 38.3. The zero-order chi connectivity index (χ0) is 18.4. The van der Waals surface area contributed by atoms with E-state index >= 15 is 0 Å². The average molecular weight is 361 g/mol. The van der Waals surface area contributed by atoms with Crippen molar-refractivity contribution in [3.8, 4) is 0 Å². The minimum absolute atomic E-state index is 0.00854. The molecule has 1 aromatic carbocycles. The van der Waals surface area contributed by atoms with E-state index in [1.54, 1.807) is 16.7 Å². The Labute approximate surface area is 152 Å². The molecule has 0 saturated carbocycles. The summed E-state index contributed by atoms with van der Waals surface area (Å²) < 4.78 is 5.27. The second-order valence-corrected chi connectivity index (χ2v) is 8.55. The van der Waals surface area contributed by atoms with Crippen LogP contribution in [0.4, 0.5) is 0 Å². The third-order valence-corrected chi connectivity index (χ3v) is 6.71. The summed E-state index contributed by atoms with van der Waals surface area (Å²) in [7, 11) is 0. The number of fused-ring (bicyclic) bond motifs is 1. The second kappa shape index (κ2) is 6.48. The minimum atomic E-state index is -0.585. The number of thioether (sulfide) groups is 1. The monoisotopic (exact) mass is 361 g/mol. The van der Waals surface area contributed by atoms with Crippen molar-refractivity contribution in [2.75, 3.05) is 12.4 Å². The van der Waals surface area contributed by atoms with E-state index in [2.05, 4.69) is 0 Å². The van der Waals surface area contributed by atoms with Crippen LogP contribution in [0.5, 0.6) is 0 Å². The Morgan fingerprint density at radius 1 is 1.24 bits per heavy atom. The third kappa shape index (κ3) is 3.19. The smallest absolute Gasteiger partial charge is 0.330 e. The highest BCUT2D eigenvalue weighted by atomic mass is 32.2. The summed E-state index contributed by atoms with van der Waals surface area (Å²) in [6.07, 6.45) is 1.22. The number of carbonyl (C=O) groups is 3. The topological polar surface area (TPSA) is 63.7 Å². The Kier molecular flexibility index (Phi) is 4.66. The van der Waals surface area contributed by atoms with Gasteiger partial charge < -0.3 is 9.64 Å². The summed E-state index contributed by atoms with van der Waals surface area (Å²) in [6, 6.07) is 3.22. The lowest BCUT2D eigenvalue weighted by atomic mass is 9.98. The van der Waals surface area contributed by atoms with Gasteiger partial charge in [0.2, 0.25) is 11.7 Å². The normalized spacial score (nSPS) is 25.2. The van der Waals surface area contributed by atoms with Gasteiger partial charge in [-0.05, 0) is 56.9 Å². The number of ether oxygens (including phenoxy) is 1. The Bertz CT molecular complexity index is 760. The summed E-state index contributed by atoms with van der Waals surface area (Å²) in [5.41, 5.74) is 3.62. The van der Waals surface area contributed by atoms with Crippen molar-refractivity contribution in [2.45, 2.75) is 51.4 Å². The highest BCUT2D eigenvalue weighted by molar-refractivity contribution is 8.01. The molecule has 0 aromatic heterocycles. The third-order valence-electron chi connectivity index (χ3n) is 5.20. The molecule has 2 fully saturated rings. The number of rotatable bonds is 4. The van der Waals surface area contributed by atoms with Crippen LogP contribution in [-0.4, -0.2) is 45.8 Å². The zero-order valence-electron chi connectivity index (χ0n) is 15.0. The first-order valence-corrected chi connectivity index (χ1v) is 9.45. The molecule has 2 unspecified atom stereocenters. The lowest BCUT2D eigenvalue weighted by Crippen LogP contribution is -2.46. The molecule has 0 aliphatic carbocycles. The average Bonchev–Trinajstić information content (AvgIpc) is 3.05. The maximum atomic E-state index is 12.4. The summed E-state index contributed by atoms with van der Waals surface area (Å²) in [5.74, 6) is -0.181. The van der Waals surface area contributed by atoms with Gasteiger partial charge >= 0.3 is 5.97 Å². The first-order chi connectivity index (χ1) is 11.7. The molecule has 134 valence electrons. The van der Waals surface area contributed by atoms with E-state index in [1.807, 2.05) is 39.8 Å². The van der Waals surface area contributed by atoms with Gasteiger partial charge in [0.1, 0.15) is 6.04 Å². The molecule has 1 aromatic rings. The van der Waals surface area contributed by atoms with E-state index in [0.29, 0.717) is 17.7 Å². The maximum Gasteiger partial charge on any atom is 0.330 e. The van der Waals surface area contributed by atoms with Gasteiger partial charge in [-0.1, -0.05) is 6.07 Å². The van der Waals surface area contributed by atoms with Gasteiger partial charge in [-0.3, -0.25) is 9.59 Å². The fourth-order valence-electron chi connectivity index (χ4n) is 3.57. The molecule has 6 heteroatoms. The number of amides is 1. The molecule has 25 heavy (non-hydrogen) atoms. The highest BCUT2D eigenvalue weighted by Gasteiger charge is 2.53. The Morgan fingerprint density at radius 2 is 1.92 bits per heavy atom. The number of hydrogen-bond donors (Lipinski definition) is 0. The zero-order valence-corrected chi connectivity index (χ0v) is 15.9. The number of carbonyl (C=O) groups excluding carboxylic acids is 3. The van der Waals surface area contributed by atoms with Crippen molar-refractivity contribution in [3.63, 3.8) is 0 Å². The maximum absolute atomic E-state index is 12.4. The predicted molar refractivity (Wildman–Crippen MR) is 96.7 cm³/mol. The van der Waals surface area contributed by atoms with E-state index in [9.17, 15) is 14.4 Å². The Balaban J connectivity index is 1.66. The molecule has 3 rings (SSSR count). The number of benzene rings is 1. The molecular formula is C19H23NO4S. The lowest BCUT2D eigenvalue weighted by Gasteiger charge is -2.29. The molecule has 2 aliphatic rings. The molecular weight excluding hydrogens is 338 g/mol. The number of hydrogen-bond acceptors (Lipinski definition) is 5. The number of nitrogens with zero attached hydrogens (tertiary/aromatic N) is 1. The van der Waals surface area contributed by atoms with Crippen LogP contribution in [0.1, 0.15) is 46.8 Å². The molecule has 5 nitrogen and oxygen atoms in total. The summed E-state index contributed by atoms with van der Waals surface area (Å²) >= 11 is 1.61. The standard InChI is InChI=1S/C19H23NO4S/c1-11-7-13(3)14(8-12(11)2)16(21)9-24-18(23)15-10-25-19(4)6-5-17(22)20(15)19/h7-8,15H,5-6,9-10H2,1-4H3. The van der Waals surface area contributed by atoms with E-state index in [0.717, 1.165) is 23.1 Å². The minimum Gasteiger partial charge on any atom is -0.456 e. The van der Waals surface area contributed by atoms with Crippen LogP contribution >= 0.6 is 11.8 Å². The van der Waals surface area contributed by atoms with Gasteiger partial charge in [0.25, 0.3) is 0 Å². The molecule has 0 bridgehead atoms. The van der Waals surface area contributed by atoms with Crippen LogP contribution in [0.15, 0.2) is 12.1 Å². The van der Waals surface area contributed by atoms with E-state index in [1.165, 1.54) is 0 Å². The van der Waals surface area contributed by atoms with E-state index < -0.39 is 12.0 Å². The van der Waals surface area contributed by atoms with Crippen molar-refractivity contribution in [1.29, 1.82) is 0 Å². The Hall–Kier alpha value is -1.82. The molecule has 2 atom stereocenters. The highest BCUT2D eigenvalue weighted by Crippen LogP contribution is 2.47. The first-order valence-electron chi connectivity index (χ1n) is 8.47. The largest absolute Gasteiger partial charge is 0.456 e. The van der Waals surface area contributed by atoms with Crippen molar-refractivity contribution in [3.05, 3.63) is 34.4 Å². The molecule has 0 N–H and O–H groups in total. The SMILES string of the molecule is Cc1cc(C)c(C(=O)COC(=O)C2CSC3(C)CCC(=O)N23)cc1C. The first kappa shape index (κ1) is 18.0. The van der Waals surface area contributed by atoms with Crippen molar-refractivity contribution in [1.82, 2.24) is 4.90 Å². The molecule has 0 radical (unpaired) electrons. The Morgan fingerprint density at radius 3 is 2.64 bits per heavy atom. The molecule has 2 saturated heterocycles. The summed E-state index contributed by atoms with van der Waals surface area (Å²) in [5, 5.41) is 0. The fourth-order valence-corrected chi connectivity index (χ4v) is 4.98. The predicted octanol–water partition coefficient (Wildman–Crippen LogP) is 2.79. The van der Waals surface area contributed by atoms with Crippen LogP contribution < -0.4 is 0 Å². The molecule has 1 amide bonds. The number of esters is 1. The number of aryl methyl sites for hydroxylation is 3. The molecule has 2 aliphatic heterocycles. The van der Waals surface area contributed by atoms with Gasteiger partial charge in [0.15, 0.2) is 6.61 Å². The van der Waals surface area contributed by atoms with E-state index in [4.69, 9.17) is 4.74 Å². The van der Waals surface area contributed by atoms with Crippen LogP contribution in [0.2, 0.25) is 0 Å². The van der Waals surface area contributed by atoms with Crippen LogP contribution in [0.3, 0.4) is 0 Å². The van der Waals surface area contributed by atoms with Gasteiger partial charge in [-0.2, -0.15) is 0 Å². The van der Waals surface area contributed by atoms with Gasteiger partial charge in [0, 0.05) is 17.7 Å². The van der Waals surface area contributed by atoms with Crippen molar-refractivity contribution < 1.29 is 19.1 Å². The van der Waals surface area contributed by atoms with Crippen molar-refractivity contribution in [2.24, 2.45) is 0 Å². The van der Waals surface area contributed by atoms with E-state index in [-0.39, 0.29) is 23.2 Å². The quantitative estimate of drug-likeness (QED) is 0.609. The number of ketones is 1. The lowest BCUT2D eigenvalue weighted by molar-refractivity contribution is -0.152. The van der Waals surface area contributed by atoms with Crippen LogP contribution in [0.25, 0.3) is 0 Å². The van der Waals surface area contributed by atoms with Crippen molar-refractivity contribution >= 4 is 29.4 Å². The fraction of sp³-hybridized carbons (Fsp3) is 0.526. The van der Waals surface area contributed by atoms with Gasteiger partial charge in [-0.15, -0.1) is 11.8 Å².